The van der Waals surface area contributed by atoms with Gasteiger partial charge in [-0.15, -0.1) is 11.3 Å². The number of aliphatic hydroxyl groups is 1. The molecule has 0 aliphatic carbocycles. The first-order valence-electron chi connectivity index (χ1n) is 5.25. The average Bonchev–Trinajstić information content (AvgIpc) is 2.80. The third kappa shape index (κ3) is 2.27. The standard InChI is InChI=1S/C13H11FO3S/c1-7-2-3-10(14)9(6-7)11(15)12-8(13(16)17)4-5-18-12/h2-6,11,15H,1H3,(H,16,17). The van der Waals surface area contributed by atoms with E-state index in [9.17, 15) is 14.3 Å². The lowest BCUT2D eigenvalue weighted by Crippen LogP contribution is -2.06. The molecule has 0 bridgehead atoms. The number of aryl methyl sites for hydroxylation is 1. The number of carboxylic acid groups (broad SMARTS) is 1. The minimum absolute atomic E-state index is 0.00778. The van der Waals surface area contributed by atoms with Gasteiger partial charge in [0.05, 0.1) is 10.4 Å². The van der Waals surface area contributed by atoms with E-state index < -0.39 is 17.9 Å². The summed E-state index contributed by atoms with van der Waals surface area (Å²) in [6.45, 7) is 1.78. The summed E-state index contributed by atoms with van der Waals surface area (Å²) in [5, 5.41) is 20.7. The van der Waals surface area contributed by atoms with Crippen molar-refractivity contribution in [3.8, 4) is 0 Å². The maximum absolute atomic E-state index is 13.6. The Morgan fingerprint density at radius 1 is 1.39 bits per heavy atom. The zero-order valence-electron chi connectivity index (χ0n) is 9.55. The number of rotatable bonds is 3. The van der Waals surface area contributed by atoms with Crippen molar-refractivity contribution in [2.45, 2.75) is 13.0 Å². The van der Waals surface area contributed by atoms with E-state index in [4.69, 9.17) is 5.11 Å². The first-order chi connectivity index (χ1) is 8.50. The molecule has 1 atom stereocenters. The maximum atomic E-state index is 13.6. The van der Waals surface area contributed by atoms with Crippen molar-refractivity contribution in [1.29, 1.82) is 0 Å². The second-order valence-electron chi connectivity index (χ2n) is 3.93. The molecule has 2 aromatic rings. The van der Waals surface area contributed by atoms with Crippen molar-refractivity contribution in [3.05, 3.63) is 57.0 Å². The maximum Gasteiger partial charge on any atom is 0.336 e. The van der Waals surface area contributed by atoms with Gasteiger partial charge in [-0.25, -0.2) is 9.18 Å². The number of aromatic carboxylic acids is 1. The highest BCUT2D eigenvalue weighted by molar-refractivity contribution is 7.10. The molecular formula is C13H11FO3S. The van der Waals surface area contributed by atoms with Crippen LogP contribution in [0.3, 0.4) is 0 Å². The number of hydrogen-bond acceptors (Lipinski definition) is 3. The largest absolute Gasteiger partial charge is 0.478 e. The summed E-state index contributed by atoms with van der Waals surface area (Å²) in [5.74, 6) is -1.67. The number of hydrogen-bond donors (Lipinski definition) is 2. The molecule has 5 heteroatoms. The van der Waals surface area contributed by atoms with E-state index in [1.165, 1.54) is 18.2 Å². The first-order valence-corrected chi connectivity index (χ1v) is 6.13. The van der Waals surface area contributed by atoms with E-state index in [1.807, 2.05) is 0 Å². The van der Waals surface area contributed by atoms with Crippen molar-refractivity contribution in [3.63, 3.8) is 0 Å². The lowest BCUT2D eigenvalue weighted by Gasteiger charge is -2.12. The Hall–Kier alpha value is -1.72. The van der Waals surface area contributed by atoms with Crippen molar-refractivity contribution in [2.75, 3.05) is 0 Å². The lowest BCUT2D eigenvalue weighted by molar-refractivity contribution is 0.0692. The van der Waals surface area contributed by atoms with E-state index >= 15 is 0 Å². The number of benzene rings is 1. The van der Waals surface area contributed by atoms with E-state index in [0.717, 1.165) is 16.9 Å². The molecule has 1 heterocycles. The van der Waals surface area contributed by atoms with Crippen LogP contribution in [-0.2, 0) is 0 Å². The predicted octanol–water partition coefficient (Wildman–Crippen LogP) is 2.98. The summed E-state index contributed by atoms with van der Waals surface area (Å²) in [6, 6.07) is 5.78. The second kappa shape index (κ2) is 4.88. The second-order valence-corrected chi connectivity index (χ2v) is 4.88. The molecule has 0 saturated carbocycles. The molecule has 2 N–H and O–H groups in total. The normalized spacial score (nSPS) is 12.4. The van der Waals surface area contributed by atoms with Crippen LogP contribution in [-0.4, -0.2) is 16.2 Å². The van der Waals surface area contributed by atoms with Gasteiger partial charge < -0.3 is 10.2 Å². The molecule has 2 rings (SSSR count). The van der Waals surface area contributed by atoms with Crippen LogP contribution in [0.15, 0.2) is 29.6 Å². The molecule has 0 radical (unpaired) electrons. The number of carbonyl (C=O) groups is 1. The van der Waals surface area contributed by atoms with Crippen LogP contribution in [0.1, 0.15) is 32.5 Å². The summed E-state index contributed by atoms with van der Waals surface area (Å²) >= 11 is 1.10. The number of aliphatic hydroxyl groups excluding tert-OH is 1. The molecule has 0 fully saturated rings. The van der Waals surface area contributed by atoms with E-state index in [2.05, 4.69) is 0 Å². The Bertz CT molecular complexity index is 592. The van der Waals surface area contributed by atoms with Crippen molar-refractivity contribution in [1.82, 2.24) is 0 Å². The van der Waals surface area contributed by atoms with Crippen LogP contribution in [0.5, 0.6) is 0 Å². The predicted molar refractivity (Wildman–Crippen MR) is 66.5 cm³/mol. The third-order valence-electron chi connectivity index (χ3n) is 2.62. The summed E-state index contributed by atoms with van der Waals surface area (Å²) < 4.78 is 13.6. The van der Waals surface area contributed by atoms with Crippen LogP contribution in [0.4, 0.5) is 4.39 Å². The van der Waals surface area contributed by atoms with Gasteiger partial charge in [0.15, 0.2) is 0 Å². The zero-order chi connectivity index (χ0) is 13.3. The van der Waals surface area contributed by atoms with Gasteiger partial charge in [-0.1, -0.05) is 17.7 Å². The quantitative estimate of drug-likeness (QED) is 0.898. The Morgan fingerprint density at radius 2 is 2.11 bits per heavy atom. The van der Waals surface area contributed by atoms with Gasteiger partial charge in [-0.3, -0.25) is 0 Å². The Kier molecular flexibility index (Phi) is 3.45. The summed E-state index contributed by atoms with van der Waals surface area (Å²) in [7, 11) is 0. The highest BCUT2D eigenvalue weighted by Crippen LogP contribution is 2.31. The van der Waals surface area contributed by atoms with E-state index in [0.29, 0.717) is 0 Å². The van der Waals surface area contributed by atoms with Crippen LogP contribution in [0, 0.1) is 12.7 Å². The van der Waals surface area contributed by atoms with Gasteiger partial charge >= 0.3 is 5.97 Å². The summed E-state index contributed by atoms with van der Waals surface area (Å²) in [5.41, 5.74) is 0.909. The topological polar surface area (TPSA) is 57.5 Å². The fraction of sp³-hybridized carbons (Fsp3) is 0.154. The van der Waals surface area contributed by atoms with Crippen LogP contribution in [0.25, 0.3) is 0 Å². The molecule has 0 saturated heterocycles. The first kappa shape index (κ1) is 12.7. The van der Waals surface area contributed by atoms with Crippen LogP contribution in [0.2, 0.25) is 0 Å². The average molecular weight is 266 g/mol. The molecule has 1 aromatic carbocycles. The third-order valence-corrected chi connectivity index (χ3v) is 3.59. The van der Waals surface area contributed by atoms with Crippen molar-refractivity contribution >= 4 is 17.3 Å². The van der Waals surface area contributed by atoms with Crippen molar-refractivity contribution < 1.29 is 19.4 Å². The van der Waals surface area contributed by atoms with Gasteiger partial charge in [0, 0.05) is 5.56 Å². The summed E-state index contributed by atoms with van der Waals surface area (Å²) in [6.07, 6.45) is -1.25. The van der Waals surface area contributed by atoms with Gasteiger partial charge in [-0.2, -0.15) is 0 Å². The molecule has 0 amide bonds. The fourth-order valence-corrected chi connectivity index (χ4v) is 2.61. The Balaban J connectivity index is 2.47. The highest BCUT2D eigenvalue weighted by Gasteiger charge is 2.22. The Labute approximate surface area is 107 Å². The molecule has 1 unspecified atom stereocenters. The number of carboxylic acids is 1. The molecule has 1 aromatic heterocycles. The monoisotopic (exact) mass is 266 g/mol. The SMILES string of the molecule is Cc1ccc(F)c(C(O)c2sccc2C(=O)O)c1. The molecule has 0 aliphatic rings. The van der Waals surface area contributed by atoms with Gasteiger partial charge in [0.1, 0.15) is 11.9 Å². The molecule has 0 aliphatic heterocycles. The van der Waals surface area contributed by atoms with E-state index in [-0.39, 0.29) is 16.0 Å². The summed E-state index contributed by atoms with van der Waals surface area (Å²) in [4.78, 5) is 11.2. The number of halogens is 1. The molecule has 3 nitrogen and oxygen atoms in total. The van der Waals surface area contributed by atoms with Gasteiger partial charge in [-0.05, 0) is 24.4 Å². The van der Waals surface area contributed by atoms with Gasteiger partial charge in [0.25, 0.3) is 0 Å². The molecule has 0 spiro atoms. The Morgan fingerprint density at radius 3 is 2.78 bits per heavy atom. The van der Waals surface area contributed by atoms with Crippen LogP contribution >= 0.6 is 11.3 Å². The molecule has 94 valence electrons. The molecule has 18 heavy (non-hydrogen) atoms. The van der Waals surface area contributed by atoms with Crippen molar-refractivity contribution in [2.24, 2.45) is 0 Å². The van der Waals surface area contributed by atoms with E-state index in [1.54, 1.807) is 18.4 Å². The molecular weight excluding hydrogens is 255 g/mol. The van der Waals surface area contributed by atoms with Gasteiger partial charge in [0.2, 0.25) is 0 Å². The smallest absolute Gasteiger partial charge is 0.336 e. The minimum atomic E-state index is -1.25. The fourth-order valence-electron chi connectivity index (χ4n) is 1.72. The minimum Gasteiger partial charge on any atom is -0.478 e. The number of thiophene rings is 1. The highest BCUT2D eigenvalue weighted by atomic mass is 32.1. The lowest BCUT2D eigenvalue weighted by atomic mass is 10.0. The van der Waals surface area contributed by atoms with Crippen LogP contribution < -0.4 is 0 Å². The zero-order valence-corrected chi connectivity index (χ0v) is 10.4.